The number of nitrogens with zero attached hydrogens (tertiary/aromatic N) is 2. The molecule has 3 aliphatic rings. The number of nitrogens with one attached hydrogen (secondary N) is 1. The van der Waals surface area contributed by atoms with Crippen molar-refractivity contribution in [2.75, 3.05) is 32.8 Å². The zero-order chi connectivity index (χ0) is 16.1. The van der Waals surface area contributed by atoms with E-state index in [2.05, 4.69) is 24.1 Å². The zero-order valence-electron chi connectivity index (χ0n) is 15.1. The van der Waals surface area contributed by atoms with Crippen LogP contribution in [0.5, 0.6) is 0 Å². The first-order valence-electron chi connectivity index (χ1n) is 9.95. The van der Waals surface area contributed by atoms with Crippen molar-refractivity contribution in [2.24, 2.45) is 22.7 Å². The van der Waals surface area contributed by atoms with Crippen LogP contribution in [0, 0.1) is 17.8 Å². The van der Waals surface area contributed by atoms with Crippen molar-refractivity contribution in [3.05, 3.63) is 0 Å². The summed E-state index contributed by atoms with van der Waals surface area (Å²) in [5.74, 6) is 3.73. The molecule has 1 saturated heterocycles. The zero-order valence-corrected chi connectivity index (χ0v) is 15.1. The van der Waals surface area contributed by atoms with Gasteiger partial charge >= 0.3 is 0 Å². The molecule has 1 aliphatic heterocycles. The minimum absolute atomic E-state index is 0.673. The van der Waals surface area contributed by atoms with Gasteiger partial charge in [-0.1, -0.05) is 32.1 Å². The fourth-order valence-electron chi connectivity index (χ4n) is 4.46. The molecule has 0 aromatic carbocycles. The molecule has 132 valence electrons. The maximum absolute atomic E-state index is 5.61. The van der Waals surface area contributed by atoms with Gasteiger partial charge in [-0.15, -0.1) is 0 Å². The molecule has 2 saturated carbocycles. The van der Waals surface area contributed by atoms with Crippen molar-refractivity contribution < 1.29 is 4.74 Å². The van der Waals surface area contributed by atoms with Gasteiger partial charge < -0.3 is 15.0 Å². The lowest BCUT2D eigenvalue weighted by Gasteiger charge is -2.24. The first-order chi connectivity index (χ1) is 11.3. The van der Waals surface area contributed by atoms with Crippen LogP contribution in [0.2, 0.25) is 0 Å². The number of likely N-dealkylation sites (tertiary alicyclic amines) is 1. The maximum atomic E-state index is 5.61. The minimum Gasteiger partial charge on any atom is -0.381 e. The van der Waals surface area contributed by atoms with E-state index in [4.69, 9.17) is 9.73 Å². The number of guanidine groups is 1. The van der Waals surface area contributed by atoms with E-state index in [-0.39, 0.29) is 0 Å². The quantitative estimate of drug-likeness (QED) is 0.602. The van der Waals surface area contributed by atoms with Gasteiger partial charge in [-0.3, -0.25) is 4.99 Å². The second kappa shape index (κ2) is 8.36. The van der Waals surface area contributed by atoms with E-state index in [1.54, 1.807) is 0 Å². The molecule has 0 aromatic rings. The van der Waals surface area contributed by atoms with Crippen molar-refractivity contribution in [1.82, 2.24) is 10.2 Å². The van der Waals surface area contributed by atoms with Crippen molar-refractivity contribution in [1.29, 1.82) is 0 Å². The molecule has 0 amide bonds. The lowest BCUT2D eigenvalue weighted by atomic mass is 9.85. The molecular weight excluding hydrogens is 286 g/mol. The van der Waals surface area contributed by atoms with E-state index >= 15 is 0 Å². The smallest absolute Gasteiger partial charge is 0.194 e. The molecule has 2 aliphatic carbocycles. The van der Waals surface area contributed by atoms with E-state index < -0.39 is 0 Å². The standard InChI is InChI=1S/C19H35N3O/c1-3-20-19(22-11-10-15(13-22)14-23-4-2)21-18-12-17(18)16-8-6-5-7-9-16/h15-18H,3-14H2,1-2H3,(H,20,21). The van der Waals surface area contributed by atoms with Gasteiger partial charge in [0.25, 0.3) is 0 Å². The molecule has 0 spiro atoms. The highest BCUT2D eigenvalue weighted by Gasteiger charge is 2.44. The van der Waals surface area contributed by atoms with Crippen LogP contribution in [0.3, 0.4) is 0 Å². The molecule has 3 atom stereocenters. The topological polar surface area (TPSA) is 36.9 Å². The van der Waals surface area contributed by atoms with Gasteiger partial charge in [0.05, 0.1) is 6.61 Å². The first-order valence-corrected chi connectivity index (χ1v) is 9.95. The Balaban J connectivity index is 1.47. The third kappa shape index (κ3) is 4.62. The minimum atomic E-state index is 0.673. The molecule has 3 unspecified atom stereocenters. The summed E-state index contributed by atoms with van der Waals surface area (Å²) in [5, 5.41) is 3.79. The monoisotopic (exact) mass is 321 g/mol. The Morgan fingerprint density at radius 3 is 2.74 bits per heavy atom. The summed E-state index contributed by atoms with van der Waals surface area (Å²) >= 11 is 0. The van der Waals surface area contributed by atoms with E-state index in [9.17, 15) is 0 Å². The third-order valence-corrected chi connectivity index (χ3v) is 5.86. The average molecular weight is 322 g/mol. The fourth-order valence-corrected chi connectivity index (χ4v) is 4.46. The van der Waals surface area contributed by atoms with Crippen LogP contribution in [0.4, 0.5) is 0 Å². The summed E-state index contributed by atoms with van der Waals surface area (Å²) in [4.78, 5) is 7.23. The number of ether oxygens (including phenoxy) is 1. The number of hydrogen-bond donors (Lipinski definition) is 1. The van der Waals surface area contributed by atoms with E-state index in [0.29, 0.717) is 12.0 Å². The summed E-state index contributed by atoms with van der Waals surface area (Å²) in [7, 11) is 0. The summed E-state index contributed by atoms with van der Waals surface area (Å²) in [6.07, 6.45) is 9.89. The highest BCUT2D eigenvalue weighted by atomic mass is 16.5. The van der Waals surface area contributed by atoms with Crippen LogP contribution in [0.1, 0.15) is 58.8 Å². The Morgan fingerprint density at radius 2 is 2.00 bits per heavy atom. The average Bonchev–Trinajstić information content (AvgIpc) is 3.19. The van der Waals surface area contributed by atoms with Gasteiger partial charge in [-0.05, 0) is 38.5 Å². The molecule has 1 heterocycles. The number of aliphatic imine (C=N–C) groups is 1. The first kappa shape index (κ1) is 17.1. The second-order valence-electron chi connectivity index (χ2n) is 7.61. The van der Waals surface area contributed by atoms with Gasteiger partial charge in [0.2, 0.25) is 0 Å². The van der Waals surface area contributed by atoms with Crippen molar-refractivity contribution >= 4 is 5.96 Å². The Kier molecular flexibility index (Phi) is 6.21. The number of hydrogen-bond acceptors (Lipinski definition) is 2. The van der Waals surface area contributed by atoms with Crippen LogP contribution >= 0.6 is 0 Å². The van der Waals surface area contributed by atoms with E-state index in [1.807, 2.05) is 0 Å². The molecule has 0 bridgehead atoms. The molecule has 3 rings (SSSR count). The van der Waals surface area contributed by atoms with E-state index in [0.717, 1.165) is 50.6 Å². The second-order valence-corrected chi connectivity index (χ2v) is 7.61. The maximum Gasteiger partial charge on any atom is 0.194 e. The molecule has 1 N–H and O–H groups in total. The Bertz CT molecular complexity index is 392. The summed E-state index contributed by atoms with van der Waals surface area (Å²) in [5.41, 5.74) is 0. The normalized spacial score (nSPS) is 32.3. The largest absolute Gasteiger partial charge is 0.381 e. The van der Waals surface area contributed by atoms with Crippen LogP contribution < -0.4 is 5.32 Å². The van der Waals surface area contributed by atoms with Crippen LogP contribution in [0.25, 0.3) is 0 Å². The molecule has 0 aromatic heterocycles. The lowest BCUT2D eigenvalue weighted by molar-refractivity contribution is 0.114. The van der Waals surface area contributed by atoms with Crippen molar-refractivity contribution in [3.8, 4) is 0 Å². The lowest BCUT2D eigenvalue weighted by Crippen LogP contribution is -2.42. The summed E-state index contributed by atoms with van der Waals surface area (Å²) in [6, 6.07) is 0.689. The van der Waals surface area contributed by atoms with Gasteiger partial charge in [-0.2, -0.15) is 0 Å². The van der Waals surface area contributed by atoms with Crippen LogP contribution in [0.15, 0.2) is 4.99 Å². The third-order valence-electron chi connectivity index (χ3n) is 5.86. The fraction of sp³-hybridized carbons (Fsp3) is 0.947. The highest BCUT2D eigenvalue weighted by molar-refractivity contribution is 5.81. The summed E-state index contributed by atoms with van der Waals surface area (Å²) < 4.78 is 5.61. The van der Waals surface area contributed by atoms with Gasteiger partial charge in [0.15, 0.2) is 5.96 Å². The molecule has 0 radical (unpaired) electrons. The van der Waals surface area contributed by atoms with Crippen molar-refractivity contribution in [3.63, 3.8) is 0 Å². The van der Waals surface area contributed by atoms with E-state index in [1.165, 1.54) is 44.9 Å². The SMILES string of the molecule is CCN=C(NC1CC1C1CCCCC1)N1CCC(COCC)C1. The molecular formula is C19H35N3O. The van der Waals surface area contributed by atoms with Gasteiger partial charge in [-0.25, -0.2) is 0 Å². The molecule has 3 fully saturated rings. The Morgan fingerprint density at radius 1 is 1.17 bits per heavy atom. The van der Waals surface area contributed by atoms with Crippen LogP contribution in [-0.4, -0.2) is 49.7 Å². The van der Waals surface area contributed by atoms with Crippen molar-refractivity contribution in [2.45, 2.75) is 64.8 Å². The number of rotatable bonds is 6. The van der Waals surface area contributed by atoms with Gasteiger partial charge in [0, 0.05) is 38.2 Å². The Hall–Kier alpha value is -0.770. The van der Waals surface area contributed by atoms with Crippen LogP contribution in [-0.2, 0) is 4.74 Å². The molecule has 4 nitrogen and oxygen atoms in total. The molecule has 23 heavy (non-hydrogen) atoms. The highest BCUT2D eigenvalue weighted by Crippen LogP contribution is 2.44. The summed E-state index contributed by atoms with van der Waals surface area (Å²) in [6.45, 7) is 9.06. The Labute approximate surface area is 142 Å². The molecule has 4 heteroatoms. The van der Waals surface area contributed by atoms with Gasteiger partial charge in [0.1, 0.15) is 0 Å². The predicted octanol–water partition coefficient (Wildman–Crippen LogP) is 3.28. The predicted molar refractivity (Wildman–Crippen MR) is 95.8 cm³/mol.